The number of guanidine groups is 1. The number of aliphatic imine (C=N–C) groups is 1. The van der Waals surface area contributed by atoms with Crippen LogP contribution in [0.3, 0.4) is 0 Å². The van der Waals surface area contributed by atoms with Crippen LogP contribution in [0, 0.1) is 11.6 Å². The van der Waals surface area contributed by atoms with Gasteiger partial charge in [-0.25, -0.2) is 18.8 Å². The predicted molar refractivity (Wildman–Crippen MR) is 106 cm³/mol. The molecule has 2 N–H and O–H groups in total. The Hall–Kier alpha value is -3.22. The van der Waals surface area contributed by atoms with Gasteiger partial charge < -0.3 is 15.2 Å². The van der Waals surface area contributed by atoms with Crippen molar-refractivity contribution in [2.24, 2.45) is 4.99 Å². The summed E-state index contributed by atoms with van der Waals surface area (Å²) < 4.78 is 29.1. The van der Waals surface area contributed by atoms with Crippen LogP contribution in [0.15, 0.2) is 66.2 Å². The minimum atomic E-state index is -0.462. The van der Waals surface area contributed by atoms with Gasteiger partial charge >= 0.3 is 0 Å². The second kappa shape index (κ2) is 9.64. The fraction of sp³-hybridized carbons (Fsp3) is 0.238. The van der Waals surface area contributed by atoms with Gasteiger partial charge in [0.1, 0.15) is 11.6 Å². The third-order valence-electron chi connectivity index (χ3n) is 4.17. The molecule has 1 aromatic heterocycles. The summed E-state index contributed by atoms with van der Waals surface area (Å²) in [5.74, 6) is -0.359. The predicted octanol–water partition coefficient (Wildman–Crippen LogP) is 3.46. The molecule has 0 aliphatic carbocycles. The molecule has 0 amide bonds. The zero-order valence-corrected chi connectivity index (χ0v) is 15.7. The van der Waals surface area contributed by atoms with E-state index in [1.165, 1.54) is 11.6 Å². The highest BCUT2D eigenvalue weighted by Gasteiger charge is 2.05. The van der Waals surface area contributed by atoms with Gasteiger partial charge in [0.15, 0.2) is 5.96 Å². The molecule has 0 spiro atoms. The first-order valence-electron chi connectivity index (χ1n) is 9.13. The standard InChI is InChI=1S/C21H23F2N5/c1-2-25-21(27-13-18-11-19(22)7-8-20(18)23)26-12-16-3-5-17(6-4-16)14-28-10-9-24-15-28/h3-11,15H,2,12-14H2,1H3,(H2,25,26,27). The maximum Gasteiger partial charge on any atom is 0.191 e. The van der Waals surface area contributed by atoms with E-state index in [0.717, 1.165) is 24.2 Å². The molecule has 7 heteroatoms. The number of halogens is 2. The van der Waals surface area contributed by atoms with Gasteiger partial charge in [-0.15, -0.1) is 0 Å². The fourth-order valence-corrected chi connectivity index (χ4v) is 2.71. The summed E-state index contributed by atoms with van der Waals surface area (Å²) in [5.41, 5.74) is 2.50. The SMILES string of the molecule is CCNC(=NCc1ccc(Cn2ccnc2)cc1)NCc1cc(F)ccc1F. The molecule has 146 valence electrons. The number of hydrogen-bond donors (Lipinski definition) is 2. The van der Waals surface area contributed by atoms with Crippen LogP contribution >= 0.6 is 0 Å². The van der Waals surface area contributed by atoms with E-state index in [4.69, 9.17) is 0 Å². The molecular formula is C21H23F2N5. The minimum absolute atomic E-state index is 0.152. The summed E-state index contributed by atoms with van der Waals surface area (Å²) in [7, 11) is 0. The maximum atomic E-state index is 13.8. The van der Waals surface area contributed by atoms with Gasteiger partial charge in [-0.2, -0.15) is 0 Å². The van der Waals surface area contributed by atoms with Crippen LogP contribution in [0.4, 0.5) is 8.78 Å². The topological polar surface area (TPSA) is 54.2 Å². The highest BCUT2D eigenvalue weighted by atomic mass is 19.1. The van der Waals surface area contributed by atoms with Gasteiger partial charge in [0.2, 0.25) is 0 Å². The van der Waals surface area contributed by atoms with Crippen LogP contribution < -0.4 is 10.6 Å². The molecule has 0 saturated heterocycles. The van der Waals surface area contributed by atoms with Crippen LogP contribution in [0.25, 0.3) is 0 Å². The van der Waals surface area contributed by atoms with Crippen LogP contribution in [-0.2, 0) is 19.6 Å². The molecule has 0 atom stereocenters. The van der Waals surface area contributed by atoms with Crippen molar-refractivity contribution in [2.75, 3.05) is 6.54 Å². The molecule has 0 radical (unpaired) electrons. The average molecular weight is 383 g/mol. The Kier molecular flexibility index (Phi) is 6.73. The van der Waals surface area contributed by atoms with E-state index < -0.39 is 11.6 Å². The highest BCUT2D eigenvalue weighted by molar-refractivity contribution is 5.79. The maximum absolute atomic E-state index is 13.8. The van der Waals surface area contributed by atoms with Crippen molar-refractivity contribution in [3.63, 3.8) is 0 Å². The zero-order chi connectivity index (χ0) is 19.8. The summed E-state index contributed by atoms with van der Waals surface area (Å²) >= 11 is 0. The van der Waals surface area contributed by atoms with E-state index in [-0.39, 0.29) is 12.1 Å². The Morgan fingerprint density at radius 1 is 1.07 bits per heavy atom. The van der Waals surface area contributed by atoms with E-state index in [0.29, 0.717) is 19.0 Å². The van der Waals surface area contributed by atoms with Gasteiger partial charge in [-0.3, -0.25) is 0 Å². The number of aromatic nitrogens is 2. The lowest BCUT2D eigenvalue weighted by molar-refractivity contribution is 0.581. The molecule has 5 nitrogen and oxygen atoms in total. The van der Waals surface area contributed by atoms with E-state index in [9.17, 15) is 8.78 Å². The number of benzene rings is 2. The van der Waals surface area contributed by atoms with E-state index in [1.807, 2.05) is 29.8 Å². The molecule has 0 fully saturated rings. The van der Waals surface area contributed by atoms with Crippen molar-refractivity contribution in [1.29, 1.82) is 0 Å². The largest absolute Gasteiger partial charge is 0.357 e. The molecular weight excluding hydrogens is 360 g/mol. The number of nitrogens with one attached hydrogen (secondary N) is 2. The van der Waals surface area contributed by atoms with Crippen molar-refractivity contribution in [3.8, 4) is 0 Å². The number of rotatable bonds is 7. The van der Waals surface area contributed by atoms with Gasteiger partial charge in [0.05, 0.1) is 12.9 Å². The fourth-order valence-electron chi connectivity index (χ4n) is 2.71. The summed E-state index contributed by atoms with van der Waals surface area (Å²) in [6, 6.07) is 11.6. The lowest BCUT2D eigenvalue weighted by Gasteiger charge is -2.12. The third kappa shape index (κ3) is 5.64. The number of hydrogen-bond acceptors (Lipinski definition) is 2. The summed E-state index contributed by atoms with van der Waals surface area (Å²) in [5, 5.41) is 6.15. The second-order valence-electron chi connectivity index (χ2n) is 6.34. The molecule has 2 aromatic carbocycles. The average Bonchev–Trinajstić information content (AvgIpc) is 3.20. The van der Waals surface area contributed by atoms with Crippen LogP contribution in [-0.4, -0.2) is 22.1 Å². The van der Waals surface area contributed by atoms with E-state index >= 15 is 0 Å². The molecule has 0 bridgehead atoms. The Bertz CT molecular complexity index is 905. The smallest absolute Gasteiger partial charge is 0.191 e. The number of nitrogens with zero attached hydrogens (tertiary/aromatic N) is 3. The van der Waals surface area contributed by atoms with Gasteiger partial charge in [0, 0.05) is 37.6 Å². The first kappa shape index (κ1) is 19.5. The van der Waals surface area contributed by atoms with Gasteiger partial charge in [-0.05, 0) is 36.2 Å². The zero-order valence-electron chi connectivity index (χ0n) is 15.7. The molecule has 0 aliphatic heterocycles. The number of imidazole rings is 1. The third-order valence-corrected chi connectivity index (χ3v) is 4.17. The summed E-state index contributed by atoms with van der Waals surface area (Å²) in [6.07, 6.45) is 5.47. The first-order valence-corrected chi connectivity index (χ1v) is 9.13. The lowest BCUT2D eigenvalue weighted by atomic mass is 10.1. The van der Waals surface area contributed by atoms with Crippen molar-refractivity contribution in [3.05, 3.63) is 89.5 Å². The van der Waals surface area contributed by atoms with Crippen LogP contribution in [0.5, 0.6) is 0 Å². The minimum Gasteiger partial charge on any atom is -0.357 e. The molecule has 0 unspecified atom stereocenters. The second-order valence-corrected chi connectivity index (χ2v) is 6.34. The quantitative estimate of drug-likeness (QED) is 0.485. The van der Waals surface area contributed by atoms with Crippen molar-refractivity contribution in [1.82, 2.24) is 20.2 Å². The van der Waals surface area contributed by atoms with Gasteiger partial charge in [-0.1, -0.05) is 24.3 Å². The first-order chi connectivity index (χ1) is 13.6. The Balaban J connectivity index is 1.59. The van der Waals surface area contributed by atoms with Crippen LogP contribution in [0.1, 0.15) is 23.6 Å². The Labute approximate surface area is 163 Å². The van der Waals surface area contributed by atoms with Crippen molar-refractivity contribution in [2.45, 2.75) is 26.6 Å². The van der Waals surface area contributed by atoms with Gasteiger partial charge in [0.25, 0.3) is 0 Å². The normalized spacial score (nSPS) is 11.5. The molecule has 0 aliphatic rings. The Morgan fingerprint density at radius 3 is 2.57 bits per heavy atom. The summed E-state index contributed by atoms with van der Waals surface area (Å²) in [6.45, 7) is 4.02. The molecule has 28 heavy (non-hydrogen) atoms. The monoisotopic (exact) mass is 383 g/mol. The van der Waals surface area contributed by atoms with Crippen molar-refractivity contribution >= 4 is 5.96 Å². The molecule has 1 heterocycles. The highest BCUT2D eigenvalue weighted by Crippen LogP contribution is 2.10. The van der Waals surface area contributed by atoms with Crippen molar-refractivity contribution < 1.29 is 8.78 Å². The lowest BCUT2D eigenvalue weighted by Crippen LogP contribution is -2.37. The molecule has 3 aromatic rings. The summed E-state index contributed by atoms with van der Waals surface area (Å²) in [4.78, 5) is 8.56. The van der Waals surface area contributed by atoms with E-state index in [1.54, 1.807) is 12.5 Å². The molecule has 3 rings (SSSR count). The molecule has 0 saturated carbocycles. The van der Waals surface area contributed by atoms with E-state index in [2.05, 4.69) is 32.7 Å². The Morgan fingerprint density at radius 2 is 1.86 bits per heavy atom. The van der Waals surface area contributed by atoms with Crippen LogP contribution in [0.2, 0.25) is 0 Å².